The first-order chi connectivity index (χ1) is 11.9. The fourth-order valence-electron chi connectivity index (χ4n) is 2.40. The van der Waals surface area contributed by atoms with Crippen molar-refractivity contribution in [1.29, 1.82) is 0 Å². The van der Waals surface area contributed by atoms with Crippen LogP contribution in [0.5, 0.6) is 0 Å². The molecule has 0 fully saturated rings. The van der Waals surface area contributed by atoms with Crippen molar-refractivity contribution >= 4 is 60.1 Å². The molecule has 7 heteroatoms. The number of halogens is 1. The summed E-state index contributed by atoms with van der Waals surface area (Å²) in [7, 11) is 0. The Bertz CT molecular complexity index is 968. The van der Waals surface area contributed by atoms with E-state index in [0.717, 1.165) is 31.5 Å². The van der Waals surface area contributed by atoms with Gasteiger partial charge in [-0.2, -0.15) is 0 Å². The number of anilines is 2. The Hall–Kier alpha value is -2.25. The van der Waals surface area contributed by atoms with Crippen LogP contribution in [-0.4, -0.2) is 16.8 Å². The van der Waals surface area contributed by atoms with Gasteiger partial charge in [0.15, 0.2) is 5.13 Å². The lowest BCUT2D eigenvalue weighted by Crippen LogP contribution is -2.14. The average Bonchev–Trinajstić information content (AvgIpc) is 2.91. The summed E-state index contributed by atoms with van der Waals surface area (Å²) in [6.07, 6.45) is 0.276. The SMILES string of the molecule is CC(=O)Nc1nc2ccc(CC(=O)Nc3ccc(Br)c(C)c3)cc2s1. The topological polar surface area (TPSA) is 71.1 Å². The maximum absolute atomic E-state index is 12.3. The number of thiazole rings is 1. The van der Waals surface area contributed by atoms with Crippen LogP contribution in [0, 0.1) is 6.92 Å². The highest BCUT2D eigenvalue weighted by molar-refractivity contribution is 9.10. The van der Waals surface area contributed by atoms with Gasteiger partial charge in [-0.1, -0.05) is 33.3 Å². The minimum atomic E-state index is -0.150. The van der Waals surface area contributed by atoms with Crippen molar-refractivity contribution in [1.82, 2.24) is 4.98 Å². The average molecular weight is 418 g/mol. The summed E-state index contributed by atoms with van der Waals surface area (Å²) in [5.41, 5.74) is 3.55. The zero-order chi connectivity index (χ0) is 18.0. The van der Waals surface area contributed by atoms with Crippen molar-refractivity contribution in [3.05, 3.63) is 52.0 Å². The van der Waals surface area contributed by atoms with Crippen LogP contribution in [0.2, 0.25) is 0 Å². The molecule has 128 valence electrons. The molecule has 0 saturated carbocycles. The number of aromatic nitrogens is 1. The summed E-state index contributed by atoms with van der Waals surface area (Å²) in [5.74, 6) is -0.226. The fraction of sp³-hybridized carbons (Fsp3) is 0.167. The second-order valence-electron chi connectivity index (χ2n) is 5.69. The van der Waals surface area contributed by atoms with Crippen molar-refractivity contribution < 1.29 is 9.59 Å². The van der Waals surface area contributed by atoms with Crippen molar-refractivity contribution in [2.45, 2.75) is 20.3 Å². The summed E-state index contributed by atoms with van der Waals surface area (Å²) in [5, 5.41) is 6.16. The molecule has 3 rings (SSSR count). The minimum Gasteiger partial charge on any atom is -0.326 e. The van der Waals surface area contributed by atoms with Gasteiger partial charge < -0.3 is 10.6 Å². The van der Waals surface area contributed by atoms with Gasteiger partial charge in [0.1, 0.15) is 0 Å². The predicted molar refractivity (Wildman–Crippen MR) is 105 cm³/mol. The van der Waals surface area contributed by atoms with Crippen molar-refractivity contribution in [2.75, 3.05) is 10.6 Å². The van der Waals surface area contributed by atoms with E-state index in [9.17, 15) is 9.59 Å². The summed E-state index contributed by atoms with van der Waals surface area (Å²) in [4.78, 5) is 27.7. The first-order valence-electron chi connectivity index (χ1n) is 7.64. The Kier molecular flexibility index (Phi) is 5.15. The standard InChI is InChI=1S/C18H16BrN3O2S/c1-10-7-13(4-5-14(10)19)21-17(24)9-12-3-6-15-16(8-12)25-18(22-15)20-11(2)23/h3-8H,9H2,1-2H3,(H,21,24)(H,20,22,23). The second kappa shape index (κ2) is 7.33. The number of hydrogen-bond donors (Lipinski definition) is 2. The van der Waals surface area contributed by atoms with Crippen molar-refractivity contribution in [3.63, 3.8) is 0 Å². The van der Waals surface area contributed by atoms with Crippen LogP contribution < -0.4 is 10.6 Å². The summed E-state index contributed by atoms with van der Waals surface area (Å²) >= 11 is 4.84. The van der Waals surface area contributed by atoms with Crippen LogP contribution in [0.4, 0.5) is 10.8 Å². The van der Waals surface area contributed by atoms with Crippen LogP contribution >= 0.6 is 27.3 Å². The lowest BCUT2D eigenvalue weighted by atomic mass is 10.1. The number of nitrogens with one attached hydrogen (secondary N) is 2. The van der Waals surface area contributed by atoms with E-state index in [-0.39, 0.29) is 18.2 Å². The second-order valence-corrected chi connectivity index (χ2v) is 7.58. The molecule has 0 spiro atoms. The number of rotatable bonds is 4. The molecular weight excluding hydrogens is 402 g/mol. The lowest BCUT2D eigenvalue weighted by molar-refractivity contribution is -0.116. The Morgan fingerprint density at radius 2 is 1.96 bits per heavy atom. The molecule has 2 amide bonds. The first kappa shape index (κ1) is 17.6. The van der Waals surface area contributed by atoms with Gasteiger partial charge in [0.2, 0.25) is 11.8 Å². The predicted octanol–water partition coefficient (Wildman–Crippen LogP) is 4.51. The Morgan fingerprint density at radius 1 is 1.16 bits per heavy atom. The molecule has 1 heterocycles. The molecule has 0 saturated heterocycles. The first-order valence-corrected chi connectivity index (χ1v) is 9.25. The summed E-state index contributed by atoms with van der Waals surface area (Å²) in [6, 6.07) is 11.4. The van der Waals surface area contributed by atoms with Crippen LogP contribution in [-0.2, 0) is 16.0 Å². The lowest BCUT2D eigenvalue weighted by Gasteiger charge is -2.07. The minimum absolute atomic E-state index is 0.0762. The maximum atomic E-state index is 12.3. The third-order valence-electron chi connectivity index (χ3n) is 3.54. The van der Waals surface area contributed by atoms with Gasteiger partial charge in [-0.05, 0) is 48.4 Å². The molecule has 0 aliphatic heterocycles. The normalized spacial score (nSPS) is 10.7. The molecule has 1 aromatic heterocycles. The quantitative estimate of drug-likeness (QED) is 0.655. The molecule has 5 nitrogen and oxygen atoms in total. The Morgan fingerprint density at radius 3 is 2.68 bits per heavy atom. The molecule has 0 bridgehead atoms. The van der Waals surface area contributed by atoms with E-state index < -0.39 is 0 Å². The molecule has 0 aliphatic rings. The number of fused-ring (bicyclic) bond motifs is 1. The Balaban J connectivity index is 1.72. The van der Waals surface area contributed by atoms with Crippen LogP contribution in [0.1, 0.15) is 18.1 Å². The zero-order valence-electron chi connectivity index (χ0n) is 13.7. The molecule has 0 unspecified atom stereocenters. The fourth-order valence-corrected chi connectivity index (χ4v) is 3.62. The highest BCUT2D eigenvalue weighted by atomic mass is 79.9. The molecule has 0 atom stereocenters. The number of benzene rings is 2. The summed E-state index contributed by atoms with van der Waals surface area (Å²) < 4.78 is 1.95. The molecule has 0 radical (unpaired) electrons. The summed E-state index contributed by atoms with van der Waals surface area (Å²) in [6.45, 7) is 3.43. The van der Waals surface area contributed by atoms with Gasteiger partial charge in [-0.15, -0.1) is 0 Å². The van der Waals surface area contributed by atoms with Crippen molar-refractivity contribution in [3.8, 4) is 0 Å². The smallest absolute Gasteiger partial charge is 0.228 e. The highest BCUT2D eigenvalue weighted by Crippen LogP contribution is 2.27. The monoisotopic (exact) mass is 417 g/mol. The molecule has 3 aromatic rings. The highest BCUT2D eigenvalue weighted by Gasteiger charge is 2.09. The molecular formula is C18H16BrN3O2S. The molecule has 2 aromatic carbocycles. The van der Waals surface area contributed by atoms with Crippen LogP contribution in [0.15, 0.2) is 40.9 Å². The van der Waals surface area contributed by atoms with Gasteiger partial charge in [-0.25, -0.2) is 4.98 Å². The van der Waals surface area contributed by atoms with E-state index in [4.69, 9.17) is 0 Å². The number of aryl methyl sites for hydroxylation is 1. The number of hydrogen-bond acceptors (Lipinski definition) is 4. The molecule has 25 heavy (non-hydrogen) atoms. The zero-order valence-corrected chi connectivity index (χ0v) is 16.1. The number of carbonyl (C=O) groups is 2. The van der Waals surface area contributed by atoms with Gasteiger partial charge in [0.25, 0.3) is 0 Å². The third kappa shape index (κ3) is 4.43. The van der Waals surface area contributed by atoms with E-state index >= 15 is 0 Å². The van der Waals surface area contributed by atoms with E-state index in [0.29, 0.717) is 5.13 Å². The van der Waals surface area contributed by atoms with Gasteiger partial charge >= 0.3 is 0 Å². The van der Waals surface area contributed by atoms with E-state index in [1.54, 1.807) is 0 Å². The number of nitrogens with zero attached hydrogens (tertiary/aromatic N) is 1. The van der Waals surface area contributed by atoms with Gasteiger partial charge in [0.05, 0.1) is 16.6 Å². The van der Waals surface area contributed by atoms with Gasteiger partial charge in [-0.3, -0.25) is 9.59 Å². The Labute approximate surface area is 157 Å². The van der Waals surface area contributed by atoms with E-state index in [2.05, 4.69) is 31.5 Å². The number of amides is 2. The van der Waals surface area contributed by atoms with Crippen LogP contribution in [0.3, 0.4) is 0 Å². The maximum Gasteiger partial charge on any atom is 0.228 e. The van der Waals surface area contributed by atoms with Gasteiger partial charge in [0, 0.05) is 17.1 Å². The molecule has 0 aliphatic carbocycles. The third-order valence-corrected chi connectivity index (χ3v) is 5.37. The largest absolute Gasteiger partial charge is 0.326 e. The number of carbonyl (C=O) groups excluding carboxylic acids is 2. The van der Waals surface area contributed by atoms with Crippen molar-refractivity contribution in [2.24, 2.45) is 0 Å². The molecule has 2 N–H and O–H groups in total. The van der Waals surface area contributed by atoms with E-state index in [1.165, 1.54) is 18.3 Å². The van der Waals surface area contributed by atoms with E-state index in [1.807, 2.05) is 43.3 Å². The van der Waals surface area contributed by atoms with Crippen LogP contribution in [0.25, 0.3) is 10.2 Å².